The van der Waals surface area contributed by atoms with Crippen molar-refractivity contribution in [3.05, 3.63) is 158 Å². The number of anilines is 4. The largest absolute Gasteiger partial charge is 0.457 e. The van der Waals surface area contributed by atoms with Crippen LogP contribution in [0.2, 0.25) is 0 Å². The van der Waals surface area contributed by atoms with E-state index in [1.165, 1.54) is 11.4 Å². The van der Waals surface area contributed by atoms with Gasteiger partial charge in [-0.05, 0) is 60.7 Å². The SMILES string of the molecule is c1ccc(N2CN(c3cccc(Oc4ccc5c6ccccc6n(-c6cc7oc8ccccc8c7cn6)c5c4)c3)c3ccccc32)cc1. The molecule has 6 heteroatoms. The summed E-state index contributed by atoms with van der Waals surface area (Å²) in [7, 11) is 0. The van der Waals surface area contributed by atoms with Crippen molar-refractivity contribution in [2.24, 2.45) is 0 Å². The molecule has 228 valence electrons. The number of furan rings is 1. The van der Waals surface area contributed by atoms with E-state index >= 15 is 0 Å². The number of hydrogen-bond donors (Lipinski definition) is 0. The number of ether oxygens (including phenoxy) is 1. The standard InChI is InChI=1S/C42H28N4O2/c1-2-11-28(12-3-1)44-27-45(38-19-8-7-18-37(38)44)29-13-10-14-30(23-29)47-31-21-22-33-32-15-4-6-17-36(32)46(39(33)24-31)42-25-41-35(26-43-42)34-16-5-9-20-40(34)48-41/h1-26H,27H2. The van der Waals surface area contributed by atoms with E-state index in [2.05, 4.69) is 130 Å². The van der Waals surface area contributed by atoms with Crippen molar-refractivity contribution in [3.8, 4) is 17.3 Å². The van der Waals surface area contributed by atoms with Gasteiger partial charge in [0, 0.05) is 57.3 Å². The second-order valence-electron chi connectivity index (χ2n) is 12.1. The van der Waals surface area contributed by atoms with Crippen LogP contribution in [0.5, 0.6) is 11.5 Å². The van der Waals surface area contributed by atoms with Gasteiger partial charge in [-0.3, -0.25) is 4.57 Å². The molecule has 0 atom stereocenters. The highest BCUT2D eigenvalue weighted by atomic mass is 16.5. The van der Waals surface area contributed by atoms with Gasteiger partial charge in [-0.2, -0.15) is 0 Å². The number of benzene rings is 6. The van der Waals surface area contributed by atoms with Gasteiger partial charge in [0.15, 0.2) is 0 Å². The third-order valence-corrected chi connectivity index (χ3v) is 9.30. The number of hydrogen-bond acceptors (Lipinski definition) is 5. The van der Waals surface area contributed by atoms with E-state index in [4.69, 9.17) is 14.1 Å². The average Bonchev–Trinajstić information content (AvgIpc) is 3.81. The van der Waals surface area contributed by atoms with Crippen LogP contribution >= 0.6 is 0 Å². The van der Waals surface area contributed by atoms with Gasteiger partial charge in [0.05, 0.1) is 22.4 Å². The molecule has 10 rings (SSSR count). The molecule has 0 fully saturated rings. The average molecular weight is 621 g/mol. The van der Waals surface area contributed by atoms with Crippen molar-refractivity contribution in [3.63, 3.8) is 0 Å². The third-order valence-electron chi connectivity index (χ3n) is 9.30. The molecule has 0 saturated carbocycles. The topological polar surface area (TPSA) is 46.7 Å². The van der Waals surface area contributed by atoms with Crippen LogP contribution in [0.1, 0.15) is 0 Å². The molecule has 0 N–H and O–H groups in total. The summed E-state index contributed by atoms with van der Waals surface area (Å²) in [5.41, 5.74) is 8.34. The second kappa shape index (κ2) is 10.5. The Morgan fingerprint density at radius 3 is 2.06 bits per heavy atom. The van der Waals surface area contributed by atoms with Gasteiger partial charge in [-0.1, -0.05) is 72.8 Å². The fraction of sp³-hybridized carbons (Fsp3) is 0.0238. The molecular formula is C42H28N4O2. The molecule has 9 aromatic rings. The van der Waals surface area contributed by atoms with E-state index in [1.54, 1.807) is 0 Å². The first-order valence-corrected chi connectivity index (χ1v) is 16.1. The zero-order valence-corrected chi connectivity index (χ0v) is 25.8. The zero-order chi connectivity index (χ0) is 31.6. The van der Waals surface area contributed by atoms with Crippen molar-refractivity contribution in [1.29, 1.82) is 0 Å². The van der Waals surface area contributed by atoms with Gasteiger partial charge < -0.3 is 19.0 Å². The predicted molar refractivity (Wildman–Crippen MR) is 194 cm³/mol. The van der Waals surface area contributed by atoms with Gasteiger partial charge in [-0.15, -0.1) is 0 Å². The van der Waals surface area contributed by atoms with E-state index in [1.807, 2.05) is 42.6 Å². The maximum Gasteiger partial charge on any atom is 0.141 e. The van der Waals surface area contributed by atoms with Crippen LogP contribution in [0, 0.1) is 0 Å². The number of fused-ring (bicyclic) bond motifs is 7. The van der Waals surface area contributed by atoms with E-state index in [9.17, 15) is 0 Å². The first kappa shape index (κ1) is 26.7. The Bertz CT molecular complexity index is 2660. The lowest BCUT2D eigenvalue weighted by Crippen LogP contribution is -2.23. The highest BCUT2D eigenvalue weighted by Gasteiger charge is 2.28. The van der Waals surface area contributed by atoms with Crippen molar-refractivity contribution < 1.29 is 9.15 Å². The van der Waals surface area contributed by atoms with Crippen LogP contribution in [-0.2, 0) is 0 Å². The maximum atomic E-state index is 6.59. The second-order valence-corrected chi connectivity index (χ2v) is 12.1. The summed E-state index contributed by atoms with van der Waals surface area (Å²) in [6, 6.07) is 52.2. The Labute approximate surface area is 276 Å². The molecular weight excluding hydrogens is 592 g/mol. The number of para-hydroxylation sites is 5. The van der Waals surface area contributed by atoms with Crippen LogP contribution in [0.4, 0.5) is 22.7 Å². The number of pyridine rings is 1. The fourth-order valence-electron chi connectivity index (χ4n) is 7.11. The quantitative estimate of drug-likeness (QED) is 0.192. The molecule has 0 saturated heterocycles. The predicted octanol–water partition coefficient (Wildman–Crippen LogP) is 11.1. The minimum Gasteiger partial charge on any atom is -0.457 e. The first-order chi connectivity index (χ1) is 23.8. The summed E-state index contributed by atoms with van der Waals surface area (Å²) in [4.78, 5) is 9.61. The molecule has 0 unspecified atom stereocenters. The molecule has 0 radical (unpaired) electrons. The molecule has 6 aromatic carbocycles. The van der Waals surface area contributed by atoms with Gasteiger partial charge in [-0.25, -0.2) is 4.98 Å². The van der Waals surface area contributed by atoms with Crippen LogP contribution in [0.3, 0.4) is 0 Å². The highest BCUT2D eigenvalue weighted by molar-refractivity contribution is 6.10. The Kier molecular flexibility index (Phi) is 5.84. The lowest BCUT2D eigenvalue weighted by Gasteiger charge is -2.22. The van der Waals surface area contributed by atoms with E-state index < -0.39 is 0 Å². The normalized spacial score (nSPS) is 12.8. The van der Waals surface area contributed by atoms with Gasteiger partial charge in [0.2, 0.25) is 0 Å². The molecule has 48 heavy (non-hydrogen) atoms. The third kappa shape index (κ3) is 4.16. The molecule has 0 bridgehead atoms. The maximum absolute atomic E-state index is 6.59. The summed E-state index contributed by atoms with van der Waals surface area (Å²) < 4.78 is 15.0. The van der Waals surface area contributed by atoms with Gasteiger partial charge in [0.1, 0.15) is 35.2 Å². The summed E-state index contributed by atoms with van der Waals surface area (Å²) in [5, 5.41) is 4.36. The van der Waals surface area contributed by atoms with Gasteiger partial charge in [0.25, 0.3) is 0 Å². The molecule has 0 amide bonds. The van der Waals surface area contributed by atoms with Crippen molar-refractivity contribution in [2.75, 3.05) is 16.5 Å². The van der Waals surface area contributed by atoms with E-state index in [0.29, 0.717) is 6.67 Å². The zero-order valence-electron chi connectivity index (χ0n) is 25.8. The van der Waals surface area contributed by atoms with Crippen LogP contribution in [0.15, 0.2) is 162 Å². The Morgan fingerprint density at radius 2 is 1.19 bits per heavy atom. The van der Waals surface area contributed by atoms with E-state index in [0.717, 1.165) is 72.4 Å². The lowest BCUT2D eigenvalue weighted by atomic mass is 10.1. The summed E-state index contributed by atoms with van der Waals surface area (Å²) in [5.74, 6) is 2.32. The van der Waals surface area contributed by atoms with Crippen LogP contribution < -0.4 is 14.5 Å². The highest BCUT2D eigenvalue weighted by Crippen LogP contribution is 2.45. The fourth-order valence-corrected chi connectivity index (χ4v) is 7.11. The summed E-state index contributed by atoms with van der Waals surface area (Å²) in [6.45, 7) is 0.710. The monoisotopic (exact) mass is 620 g/mol. The van der Waals surface area contributed by atoms with E-state index in [-0.39, 0.29) is 0 Å². The van der Waals surface area contributed by atoms with Crippen LogP contribution in [-0.4, -0.2) is 16.2 Å². The Hall–Kier alpha value is -6.53. The van der Waals surface area contributed by atoms with Crippen molar-refractivity contribution >= 4 is 66.5 Å². The van der Waals surface area contributed by atoms with Crippen molar-refractivity contribution in [1.82, 2.24) is 9.55 Å². The molecule has 3 aromatic heterocycles. The number of rotatable bonds is 5. The van der Waals surface area contributed by atoms with Crippen molar-refractivity contribution in [2.45, 2.75) is 0 Å². The number of aromatic nitrogens is 2. The summed E-state index contributed by atoms with van der Waals surface area (Å²) >= 11 is 0. The van der Waals surface area contributed by atoms with Gasteiger partial charge >= 0.3 is 0 Å². The molecule has 1 aliphatic rings. The summed E-state index contributed by atoms with van der Waals surface area (Å²) in [6.07, 6.45) is 1.92. The molecule has 6 nitrogen and oxygen atoms in total. The molecule has 0 spiro atoms. The number of nitrogens with zero attached hydrogens (tertiary/aromatic N) is 4. The smallest absolute Gasteiger partial charge is 0.141 e. The Balaban J connectivity index is 1.03. The Morgan fingerprint density at radius 1 is 0.500 bits per heavy atom. The lowest BCUT2D eigenvalue weighted by molar-refractivity contribution is 0.483. The molecule has 1 aliphatic heterocycles. The van der Waals surface area contributed by atoms with Crippen LogP contribution in [0.25, 0.3) is 49.6 Å². The molecule has 0 aliphatic carbocycles. The minimum absolute atomic E-state index is 0.710. The molecule has 4 heterocycles. The minimum atomic E-state index is 0.710. The first-order valence-electron chi connectivity index (χ1n) is 16.1.